The highest BCUT2D eigenvalue weighted by Gasteiger charge is 2.72. The van der Waals surface area contributed by atoms with Crippen LogP contribution in [0.3, 0.4) is 0 Å². The molecule has 1 aliphatic carbocycles. The molecule has 5 rings (SSSR count). The van der Waals surface area contributed by atoms with Gasteiger partial charge in [0.25, 0.3) is 0 Å². The van der Waals surface area contributed by atoms with E-state index < -0.39 is 29.6 Å². The quantitative estimate of drug-likeness (QED) is 0.379. The first-order valence-corrected chi connectivity index (χ1v) is 16.2. The predicted molar refractivity (Wildman–Crippen MR) is 165 cm³/mol. The summed E-state index contributed by atoms with van der Waals surface area (Å²) in [6.45, 7) is 15.8. The van der Waals surface area contributed by atoms with Crippen molar-refractivity contribution >= 4 is 23.4 Å². The molecule has 0 aromatic heterocycles. The van der Waals surface area contributed by atoms with Crippen LogP contribution < -0.4 is 10.6 Å². The van der Waals surface area contributed by atoms with Gasteiger partial charge in [0.2, 0.25) is 17.7 Å². The van der Waals surface area contributed by atoms with Crippen molar-refractivity contribution in [2.45, 2.75) is 97.4 Å². The lowest BCUT2D eigenvalue weighted by atomic mass is 9.73. The summed E-state index contributed by atoms with van der Waals surface area (Å²) >= 11 is 0. The molecule has 3 amide bonds. The van der Waals surface area contributed by atoms with Crippen LogP contribution >= 0.6 is 0 Å². The lowest BCUT2D eigenvalue weighted by Crippen LogP contribution is -2.58. The molecular formula is C34H50N4O4. The van der Waals surface area contributed by atoms with E-state index in [0.717, 1.165) is 49.9 Å². The van der Waals surface area contributed by atoms with E-state index in [1.807, 2.05) is 38.1 Å². The van der Waals surface area contributed by atoms with E-state index >= 15 is 0 Å². The minimum absolute atomic E-state index is 0.0663. The highest BCUT2D eigenvalue weighted by molar-refractivity contribution is 6.02. The molecule has 3 heterocycles. The second kappa shape index (κ2) is 12.5. The smallest absolute Gasteiger partial charge is 0.246 e. The second-order valence-corrected chi connectivity index (χ2v) is 13.3. The summed E-state index contributed by atoms with van der Waals surface area (Å²) in [6.07, 6.45) is 8.51. The SMILES string of the molecule is CCCN(CCC)CCN1C(=O)[C@@H]2[C@H](C(=O)Nc3cc(C)cc(C)c3)[C@@H]3C=C[C@@]2(O3)[C@@H]1C(=O)N[C@@H]1CCC[C@@H](C)[C@@H]1C. The number of fused-ring (bicyclic) bond motifs is 1. The van der Waals surface area contributed by atoms with Gasteiger partial charge in [-0.05, 0) is 81.3 Å². The molecule has 2 saturated heterocycles. The van der Waals surface area contributed by atoms with Crippen molar-refractivity contribution in [3.8, 4) is 0 Å². The van der Waals surface area contributed by atoms with Crippen LogP contribution in [0.2, 0.25) is 0 Å². The first-order chi connectivity index (χ1) is 20.1. The summed E-state index contributed by atoms with van der Waals surface area (Å²) in [7, 11) is 0. The van der Waals surface area contributed by atoms with Gasteiger partial charge in [0.1, 0.15) is 11.6 Å². The van der Waals surface area contributed by atoms with Gasteiger partial charge in [-0.1, -0.05) is 58.8 Å². The van der Waals surface area contributed by atoms with Crippen LogP contribution in [0.4, 0.5) is 5.69 Å². The number of aryl methyl sites for hydroxylation is 2. The van der Waals surface area contributed by atoms with Gasteiger partial charge >= 0.3 is 0 Å². The fraction of sp³-hybridized carbons (Fsp3) is 0.676. The van der Waals surface area contributed by atoms with Gasteiger partial charge in [-0.15, -0.1) is 0 Å². The summed E-state index contributed by atoms with van der Waals surface area (Å²) in [5.74, 6) is -1.08. The number of ether oxygens (including phenoxy) is 1. The second-order valence-electron chi connectivity index (χ2n) is 13.3. The zero-order valence-electron chi connectivity index (χ0n) is 26.3. The first-order valence-electron chi connectivity index (χ1n) is 16.2. The van der Waals surface area contributed by atoms with Gasteiger partial charge < -0.3 is 25.2 Å². The third-order valence-electron chi connectivity index (χ3n) is 10.2. The molecule has 0 radical (unpaired) electrons. The summed E-state index contributed by atoms with van der Waals surface area (Å²) in [5.41, 5.74) is 1.69. The average Bonchev–Trinajstić information content (AvgIpc) is 3.57. The van der Waals surface area contributed by atoms with E-state index in [1.165, 1.54) is 6.42 Å². The molecule has 8 heteroatoms. The van der Waals surface area contributed by atoms with Crippen LogP contribution in [0.1, 0.15) is 70.9 Å². The van der Waals surface area contributed by atoms with E-state index in [1.54, 1.807) is 4.90 Å². The fourth-order valence-corrected chi connectivity index (χ4v) is 8.04. The Bertz CT molecular complexity index is 1190. The van der Waals surface area contributed by atoms with Gasteiger partial charge in [-0.3, -0.25) is 14.4 Å². The summed E-state index contributed by atoms with van der Waals surface area (Å²) in [4.78, 5) is 46.5. The maximum atomic E-state index is 14.3. The first kappa shape index (κ1) is 30.7. The third kappa shape index (κ3) is 5.64. The number of nitrogens with one attached hydrogen (secondary N) is 2. The molecule has 2 bridgehead atoms. The van der Waals surface area contributed by atoms with E-state index in [0.29, 0.717) is 30.6 Å². The number of carbonyl (C=O) groups is 3. The van der Waals surface area contributed by atoms with Crippen molar-refractivity contribution < 1.29 is 19.1 Å². The number of nitrogens with zero attached hydrogens (tertiary/aromatic N) is 2. The summed E-state index contributed by atoms with van der Waals surface area (Å²) in [6, 6.07) is 5.20. The molecule has 42 heavy (non-hydrogen) atoms. The molecular weight excluding hydrogens is 528 g/mol. The number of benzene rings is 1. The Kier molecular flexibility index (Phi) is 9.14. The van der Waals surface area contributed by atoms with Crippen molar-refractivity contribution in [2.75, 3.05) is 31.5 Å². The zero-order chi connectivity index (χ0) is 30.2. The molecule has 1 aromatic carbocycles. The highest BCUT2D eigenvalue weighted by Crippen LogP contribution is 2.55. The van der Waals surface area contributed by atoms with Crippen molar-refractivity contribution in [3.63, 3.8) is 0 Å². The predicted octanol–water partition coefficient (Wildman–Crippen LogP) is 4.46. The van der Waals surface area contributed by atoms with Crippen molar-refractivity contribution in [3.05, 3.63) is 41.5 Å². The molecule has 3 aliphatic heterocycles. The number of likely N-dealkylation sites (tertiary alicyclic amines) is 1. The van der Waals surface area contributed by atoms with Crippen LogP contribution in [0.15, 0.2) is 30.4 Å². The van der Waals surface area contributed by atoms with Crippen LogP contribution in [-0.4, -0.2) is 77.5 Å². The standard InChI is InChI=1S/C34H50N4O4/c1-7-14-37(15-8-2)16-17-38-30(32(40)36-26-11-9-10-23(5)24(26)6)34-13-12-27(42-34)28(29(34)33(38)41)31(39)35-25-19-21(3)18-22(4)20-25/h12-13,18-20,23-24,26-30H,7-11,14-17H2,1-6H3,(H,35,39)(H,36,40)/t23-,24+,26-,27+,28-,29+,30+,34+/m1/s1. The molecule has 1 aromatic rings. The number of hydrogen-bond acceptors (Lipinski definition) is 5. The molecule has 230 valence electrons. The Balaban J connectivity index is 1.43. The highest BCUT2D eigenvalue weighted by atomic mass is 16.5. The van der Waals surface area contributed by atoms with Crippen molar-refractivity contribution in [2.24, 2.45) is 23.7 Å². The van der Waals surface area contributed by atoms with Crippen LogP contribution in [0, 0.1) is 37.5 Å². The number of hydrogen-bond donors (Lipinski definition) is 2. The van der Waals surface area contributed by atoms with Crippen LogP contribution in [0.25, 0.3) is 0 Å². The number of carbonyl (C=O) groups excluding carboxylic acids is 3. The fourth-order valence-electron chi connectivity index (χ4n) is 8.04. The van der Waals surface area contributed by atoms with Gasteiger partial charge in [0, 0.05) is 24.8 Å². The zero-order valence-corrected chi connectivity index (χ0v) is 26.3. The molecule has 2 N–H and O–H groups in total. The van der Waals surface area contributed by atoms with E-state index in [4.69, 9.17) is 4.74 Å². The van der Waals surface area contributed by atoms with Gasteiger partial charge in [0.15, 0.2) is 0 Å². The Morgan fingerprint density at radius 2 is 1.71 bits per heavy atom. The minimum atomic E-state index is -1.14. The molecule has 8 atom stereocenters. The average molecular weight is 579 g/mol. The molecule has 1 saturated carbocycles. The minimum Gasteiger partial charge on any atom is -0.359 e. The van der Waals surface area contributed by atoms with Gasteiger partial charge in [-0.2, -0.15) is 0 Å². The number of amides is 3. The van der Waals surface area contributed by atoms with E-state index in [-0.39, 0.29) is 23.8 Å². The van der Waals surface area contributed by atoms with E-state index in [9.17, 15) is 14.4 Å². The summed E-state index contributed by atoms with van der Waals surface area (Å²) in [5, 5.41) is 6.42. The normalized spacial score (nSPS) is 33.4. The number of anilines is 1. The lowest BCUT2D eigenvalue weighted by molar-refractivity contribution is -0.141. The molecule has 0 unspecified atom stereocenters. The van der Waals surface area contributed by atoms with Crippen LogP contribution in [-0.2, 0) is 19.1 Å². The largest absolute Gasteiger partial charge is 0.359 e. The van der Waals surface area contributed by atoms with Crippen molar-refractivity contribution in [1.82, 2.24) is 15.1 Å². The maximum absolute atomic E-state index is 14.3. The van der Waals surface area contributed by atoms with Crippen molar-refractivity contribution in [1.29, 1.82) is 0 Å². The Hall–Kier alpha value is -2.71. The monoisotopic (exact) mass is 578 g/mol. The third-order valence-corrected chi connectivity index (χ3v) is 10.2. The molecule has 1 spiro atoms. The maximum Gasteiger partial charge on any atom is 0.246 e. The lowest BCUT2D eigenvalue weighted by Gasteiger charge is -2.38. The van der Waals surface area contributed by atoms with Gasteiger partial charge in [-0.25, -0.2) is 0 Å². The molecule has 8 nitrogen and oxygen atoms in total. The van der Waals surface area contributed by atoms with E-state index in [2.05, 4.69) is 49.3 Å². The Labute approximate surface area is 251 Å². The van der Waals surface area contributed by atoms with Crippen LogP contribution in [0.5, 0.6) is 0 Å². The summed E-state index contributed by atoms with van der Waals surface area (Å²) < 4.78 is 6.57. The molecule has 3 fully saturated rings. The molecule has 4 aliphatic rings. The Morgan fingerprint density at radius 3 is 2.38 bits per heavy atom. The topological polar surface area (TPSA) is 91.0 Å². The number of rotatable bonds is 11. The van der Waals surface area contributed by atoms with Gasteiger partial charge in [0.05, 0.1) is 17.9 Å². The Morgan fingerprint density at radius 1 is 1.02 bits per heavy atom.